The molecular weight excluding hydrogens is 342 g/mol. The molecule has 0 aromatic heterocycles. The van der Waals surface area contributed by atoms with Gasteiger partial charge in [-0.15, -0.1) is 0 Å². The first-order valence-electron chi connectivity index (χ1n) is 7.19. The molecule has 1 saturated heterocycles. The predicted octanol–water partition coefficient (Wildman–Crippen LogP) is 4.11. The van der Waals surface area contributed by atoms with Crippen molar-refractivity contribution in [2.75, 3.05) is 19.1 Å². The Hall–Kier alpha value is -2.31. The first-order valence-corrected chi connectivity index (χ1v) is 8.41. The van der Waals surface area contributed by atoms with Crippen LogP contribution >= 0.6 is 24.0 Å². The van der Waals surface area contributed by atoms with E-state index in [-0.39, 0.29) is 5.91 Å². The maximum absolute atomic E-state index is 12.8. The van der Waals surface area contributed by atoms with E-state index in [9.17, 15) is 4.79 Å². The number of nitrogens with zero attached hydrogens (tertiary/aromatic N) is 1. The SMILES string of the molecule is COc1cccc(/C=C2/SC(=S)N(c3ccccc3OC)C2=O)c1. The lowest BCUT2D eigenvalue weighted by atomic mass is 10.2. The molecule has 0 unspecified atom stereocenters. The molecule has 24 heavy (non-hydrogen) atoms. The van der Waals surface area contributed by atoms with Gasteiger partial charge >= 0.3 is 0 Å². The van der Waals surface area contributed by atoms with Crippen molar-refractivity contribution in [2.24, 2.45) is 0 Å². The molecule has 6 heteroatoms. The van der Waals surface area contributed by atoms with Gasteiger partial charge in [0.05, 0.1) is 24.8 Å². The van der Waals surface area contributed by atoms with Crippen LogP contribution in [0.1, 0.15) is 5.56 Å². The fraction of sp³-hybridized carbons (Fsp3) is 0.111. The monoisotopic (exact) mass is 357 g/mol. The fourth-order valence-corrected chi connectivity index (χ4v) is 3.66. The molecule has 1 amide bonds. The lowest BCUT2D eigenvalue weighted by Gasteiger charge is -2.17. The Bertz CT molecular complexity index is 833. The Morgan fingerprint density at radius 3 is 2.62 bits per heavy atom. The van der Waals surface area contributed by atoms with E-state index in [0.29, 0.717) is 20.7 Å². The van der Waals surface area contributed by atoms with Crippen molar-refractivity contribution in [3.8, 4) is 11.5 Å². The summed E-state index contributed by atoms with van der Waals surface area (Å²) >= 11 is 6.67. The van der Waals surface area contributed by atoms with Gasteiger partial charge in [-0.1, -0.05) is 48.2 Å². The third-order valence-corrected chi connectivity index (χ3v) is 4.81. The topological polar surface area (TPSA) is 38.8 Å². The second-order valence-corrected chi connectivity index (χ2v) is 6.64. The van der Waals surface area contributed by atoms with E-state index in [2.05, 4.69) is 0 Å². The number of methoxy groups -OCH3 is 2. The van der Waals surface area contributed by atoms with Crippen molar-refractivity contribution in [2.45, 2.75) is 0 Å². The number of benzene rings is 2. The zero-order valence-electron chi connectivity index (χ0n) is 13.2. The van der Waals surface area contributed by atoms with Crippen LogP contribution in [-0.2, 0) is 4.79 Å². The van der Waals surface area contributed by atoms with Crippen LogP contribution in [0.2, 0.25) is 0 Å². The number of hydrogen-bond acceptors (Lipinski definition) is 5. The quantitative estimate of drug-likeness (QED) is 0.608. The zero-order valence-corrected chi connectivity index (χ0v) is 14.8. The molecule has 0 atom stereocenters. The molecule has 1 aliphatic rings. The van der Waals surface area contributed by atoms with Crippen molar-refractivity contribution < 1.29 is 14.3 Å². The molecule has 0 saturated carbocycles. The normalized spacial score (nSPS) is 15.9. The van der Waals surface area contributed by atoms with Crippen LogP contribution in [-0.4, -0.2) is 24.4 Å². The molecular formula is C18H15NO3S2. The maximum Gasteiger partial charge on any atom is 0.270 e. The molecule has 2 aromatic carbocycles. The molecule has 1 aliphatic heterocycles. The first kappa shape index (κ1) is 16.5. The van der Waals surface area contributed by atoms with Gasteiger partial charge in [0.15, 0.2) is 4.32 Å². The highest BCUT2D eigenvalue weighted by molar-refractivity contribution is 8.27. The summed E-state index contributed by atoms with van der Waals surface area (Å²) in [6, 6.07) is 14.9. The van der Waals surface area contributed by atoms with Gasteiger partial charge in [0.25, 0.3) is 5.91 Å². The summed E-state index contributed by atoms with van der Waals surface area (Å²) in [6.07, 6.45) is 1.82. The molecule has 1 fully saturated rings. The number of para-hydroxylation sites is 2. The number of thioether (sulfide) groups is 1. The number of amides is 1. The second-order valence-electron chi connectivity index (χ2n) is 4.97. The number of ether oxygens (including phenoxy) is 2. The van der Waals surface area contributed by atoms with Crippen LogP contribution in [0.5, 0.6) is 11.5 Å². The summed E-state index contributed by atoms with van der Waals surface area (Å²) in [5, 5.41) is 0. The molecule has 4 nitrogen and oxygen atoms in total. The van der Waals surface area contributed by atoms with Crippen molar-refractivity contribution >= 4 is 46.0 Å². The number of anilines is 1. The molecule has 0 aliphatic carbocycles. The Kier molecular flexibility index (Phi) is 4.87. The van der Waals surface area contributed by atoms with Crippen molar-refractivity contribution in [1.29, 1.82) is 0 Å². The van der Waals surface area contributed by atoms with Gasteiger partial charge in [-0.05, 0) is 35.9 Å². The number of rotatable bonds is 4. The van der Waals surface area contributed by atoms with Gasteiger partial charge in [0.2, 0.25) is 0 Å². The number of carbonyl (C=O) groups is 1. The minimum Gasteiger partial charge on any atom is -0.497 e. The third kappa shape index (κ3) is 3.16. The molecule has 3 rings (SSSR count). The summed E-state index contributed by atoms with van der Waals surface area (Å²) in [5.41, 5.74) is 1.53. The number of carbonyl (C=O) groups excluding carboxylic acids is 1. The summed E-state index contributed by atoms with van der Waals surface area (Å²) in [4.78, 5) is 14.9. The van der Waals surface area contributed by atoms with Crippen LogP contribution < -0.4 is 14.4 Å². The van der Waals surface area contributed by atoms with E-state index in [0.717, 1.165) is 11.3 Å². The van der Waals surface area contributed by atoms with Gasteiger partial charge in [-0.25, -0.2) is 0 Å². The van der Waals surface area contributed by atoms with E-state index >= 15 is 0 Å². The number of hydrogen-bond donors (Lipinski definition) is 0. The second kappa shape index (κ2) is 7.07. The van der Waals surface area contributed by atoms with Gasteiger partial charge in [0.1, 0.15) is 11.5 Å². The molecule has 0 spiro atoms. The first-order chi connectivity index (χ1) is 11.6. The van der Waals surface area contributed by atoms with Gasteiger partial charge in [-0.2, -0.15) is 0 Å². The maximum atomic E-state index is 12.8. The molecule has 0 N–H and O–H groups in total. The fourth-order valence-electron chi connectivity index (χ4n) is 2.37. The summed E-state index contributed by atoms with van der Waals surface area (Å²) in [7, 11) is 3.18. The summed E-state index contributed by atoms with van der Waals surface area (Å²) in [6.45, 7) is 0. The molecule has 2 aromatic rings. The lowest BCUT2D eigenvalue weighted by molar-refractivity contribution is -0.113. The number of thiocarbonyl (C=S) groups is 1. The third-order valence-electron chi connectivity index (χ3n) is 3.51. The summed E-state index contributed by atoms with van der Waals surface area (Å²) in [5.74, 6) is 1.19. The van der Waals surface area contributed by atoms with Gasteiger partial charge in [-0.3, -0.25) is 9.69 Å². The Morgan fingerprint density at radius 1 is 1.08 bits per heavy atom. The molecule has 0 bridgehead atoms. The van der Waals surface area contributed by atoms with Crippen molar-refractivity contribution in [3.63, 3.8) is 0 Å². The minimum atomic E-state index is -0.155. The molecule has 1 heterocycles. The zero-order chi connectivity index (χ0) is 17.1. The highest BCUT2D eigenvalue weighted by Crippen LogP contribution is 2.39. The van der Waals surface area contributed by atoms with Crippen LogP contribution in [0.25, 0.3) is 6.08 Å². The van der Waals surface area contributed by atoms with E-state index in [4.69, 9.17) is 21.7 Å². The van der Waals surface area contributed by atoms with Gasteiger partial charge < -0.3 is 9.47 Å². The Balaban J connectivity index is 1.95. The van der Waals surface area contributed by atoms with Crippen LogP contribution in [0, 0.1) is 0 Å². The molecule has 122 valence electrons. The average molecular weight is 357 g/mol. The van der Waals surface area contributed by atoms with E-state index in [1.54, 1.807) is 20.3 Å². The van der Waals surface area contributed by atoms with Crippen LogP contribution in [0.15, 0.2) is 53.4 Å². The molecule has 0 radical (unpaired) electrons. The minimum absolute atomic E-state index is 0.155. The van der Waals surface area contributed by atoms with E-state index < -0.39 is 0 Å². The highest BCUT2D eigenvalue weighted by atomic mass is 32.2. The van der Waals surface area contributed by atoms with Crippen molar-refractivity contribution in [1.82, 2.24) is 0 Å². The van der Waals surface area contributed by atoms with Gasteiger partial charge in [0, 0.05) is 0 Å². The van der Waals surface area contributed by atoms with Crippen molar-refractivity contribution in [3.05, 3.63) is 59.0 Å². The van der Waals surface area contributed by atoms with E-state index in [1.165, 1.54) is 16.7 Å². The highest BCUT2D eigenvalue weighted by Gasteiger charge is 2.34. The lowest BCUT2D eigenvalue weighted by Crippen LogP contribution is -2.27. The Labute approximate surface area is 150 Å². The predicted molar refractivity (Wildman–Crippen MR) is 102 cm³/mol. The van der Waals surface area contributed by atoms with E-state index in [1.807, 2.05) is 48.5 Å². The average Bonchev–Trinajstić information content (AvgIpc) is 2.88. The smallest absolute Gasteiger partial charge is 0.270 e. The Morgan fingerprint density at radius 2 is 1.88 bits per heavy atom. The van der Waals surface area contributed by atoms with Crippen LogP contribution in [0.3, 0.4) is 0 Å². The standard InChI is InChI=1S/C18H15NO3S2/c1-21-13-7-5-6-12(10-13)11-16-17(20)19(18(23)24-16)14-8-3-4-9-15(14)22-2/h3-11H,1-2H3/b16-11+. The largest absolute Gasteiger partial charge is 0.497 e. The van der Waals surface area contributed by atoms with Crippen LogP contribution in [0.4, 0.5) is 5.69 Å². The summed E-state index contributed by atoms with van der Waals surface area (Å²) < 4.78 is 11.0.